The summed E-state index contributed by atoms with van der Waals surface area (Å²) in [6.07, 6.45) is 7.54. The molecule has 2 aromatic heterocycles. The second kappa shape index (κ2) is 21.7. The summed E-state index contributed by atoms with van der Waals surface area (Å²) >= 11 is 1.86. The number of fused-ring (bicyclic) bond motifs is 1. The molecular formula is C45H57N9O4S. The predicted molar refractivity (Wildman–Crippen MR) is 235 cm³/mol. The van der Waals surface area contributed by atoms with Crippen LogP contribution in [-0.2, 0) is 20.9 Å². The second-order valence-electron chi connectivity index (χ2n) is 15.3. The number of likely N-dealkylation sites (tertiary alicyclic amines) is 2. The molecule has 0 radical (unpaired) electrons. The van der Waals surface area contributed by atoms with Crippen LogP contribution in [0.3, 0.4) is 0 Å². The van der Waals surface area contributed by atoms with E-state index in [0.717, 1.165) is 115 Å². The van der Waals surface area contributed by atoms with Crippen LogP contribution in [0.1, 0.15) is 49.3 Å². The number of hydrogen-bond acceptors (Lipinski definition) is 12. The Morgan fingerprint density at radius 1 is 0.932 bits per heavy atom. The summed E-state index contributed by atoms with van der Waals surface area (Å²) in [5.41, 5.74) is 11.0. The summed E-state index contributed by atoms with van der Waals surface area (Å²) in [5.74, 6) is 3.63. The lowest BCUT2D eigenvalue weighted by molar-refractivity contribution is -0.126. The molecule has 3 aromatic carbocycles. The molecule has 0 saturated carbocycles. The van der Waals surface area contributed by atoms with E-state index in [2.05, 4.69) is 48.0 Å². The molecule has 2 unspecified atom stereocenters. The van der Waals surface area contributed by atoms with Crippen LogP contribution in [0.15, 0.2) is 84.0 Å². The normalized spacial score (nSPS) is 16.6. The fourth-order valence-corrected chi connectivity index (χ4v) is 8.87. The third-order valence-corrected chi connectivity index (χ3v) is 12.3. The van der Waals surface area contributed by atoms with Crippen LogP contribution in [0.25, 0.3) is 22.3 Å². The standard InChI is InChI=1S/C43H50N8O4S.C2H7N/c1-31-9-14-39(24-34(31)26-50(30-54)36(27-53)6-5-23-52)56-28-32-15-18-49(25-32)22-21-48-19-16-35(17-20-48)51-43-40(42(44)45-29-46-43)41(47-51)33-10-12-38(13-11-33)55-37-7-3-2-4-8-37;1-3-2/h2-4,7-14,23-24,27,29-30,32,35-36H,5-6,15-22,25-26,28H2,1H3,(H2,44,45,46);3H,1-2H3. The van der Waals surface area contributed by atoms with Gasteiger partial charge in [0, 0.05) is 61.9 Å². The van der Waals surface area contributed by atoms with E-state index in [0.29, 0.717) is 31.1 Å². The van der Waals surface area contributed by atoms with E-state index >= 15 is 0 Å². The molecular weight excluding hydrogens is 763 g/mol. The van der Waals surface area contributed by atoms with Crippen LogP contribution >= 0.6 is 11.8 Å². The van der Waals surface area contributed by atoms with Gasteiger partial charge < -0.3 is 40.1 Å². The molecule has 5 aromatic rings. The first-order valence-electron chi connectivity index (χ1n) is 20.5. The average Bonchev–Trinajstić information content (AvgIpc) is 3.89. The summed E-state index contributed by atoms with van der Waals surface area (Å²) < 4.78 is 8.08. The molecule has 0 bridgehead atoms. The van der Waals surface area contributed by atoms with Crippen molar-refractivity contribution >= 4 is 47.6 Å². The van der Waals surface area contributed by atoms with E-state index in [4.69, 9.17) is 15.6 Å². The van der Waals surface area contributed by atoms with Crippen molar-refractivity contribution in [3.05, 3.63) is 90.3 Å². The van der Waals surface area contributed by atoms with Crippen molar-refractivity contribution in [2.75, 3.05) is 64.9 Å². The fraction of sp³-hybridized carbons (Fsp3) is 0.422. The van der Waals surface area contributed by atoms with E-state index in [1.807, 2.05) is 87.4 Å². The predicted octanol–water partition coefficient (Wildman–Crippen LogP) is 6.27. The Bertz CT molecular complexity index is 2110. The molecule has 0 aliphatic carbocycles. The maximum absolute atomic E-state index is 11.8. The highest BCUT2D eigenvalue weighted by molar-refractivity contribution is 7.99. The van der Waals surface area contributed by atoms with E-state index < -0.39 is 6.04 Å². The van der Waals surface area contributed by atoms with Gasteiger partial charge in [-0.2, -0.15) is 5.10 Å². The number of piperidine rings is 1. The molecule has 312 valence electrons. The Kier molecular flexibility index (Phi) is 16.0. The van der Waals surface area contributed by atoms with Gasteiger partial charge in [-0.3, -0.25) is 4.79 Å². The minimum atomic E-state index is -0.597. The summed E-state index contributed by atoms with van der Waals surface area (Å²) in [5, 5.41) is 8.65. The zero-order valence-corrected chi connectivity index (χ0v) is 35.2. The Labute approximate surface area is 351 Å². The number of ether oxygens (including phenoxy) is 1. The monoisotopic (exact) mass is 819 g/mol. The number of hydrogen-bond donors (Lipinski definition) is 2. The van der Waals surface area contributed by atoms with Gasteiger partial charge in [0.1, 0.15) is 41.9 Å². The van der Waals surface area contributed by atoms with Crippen molar-refractivity contribution in [3.8, 4) is 22.8 Å². The quantitative estimate of drug-likeness (QED) is 0.0758. The first-order chi connectivity index (χ1) is 28.8. The number of nitrogens with zero attached hydrogens (tertiary/aromatic N) is 7. The Balaban J connectivity index is 0.00000189. The van der Waals surface area contributed by atoms with Crippen molar-refractivity contribution in [1.29, 1.82) is 0 Å². The topological polar surface area (TPSA) is 152 Å². The molecule has 2 saturated heterocycles. The Morgan fingerprint density at radius 3 is 2.36 bits per heavy atom. The Hall–Kier alpha value is -5.15. The van der Waals surface area contributed by atoms with Crippen LogP contribution in [0.5, 0.6) is 11.5 Å². The zero-order valence-electron chi connectivity index (χ0n) is 34.4. The number of thioether (sulfide) groups is 1. The molecule has 2 atom stereocenters. The lowest BCUT2D eigenvalue weighted by Crippen LogP contribution is -2.39. The van der Waals surface area contributed by atoms with Crippen LogP contribution in [0.4, 0.5) is 5.82 Å². The van der Waals surface area contributed by atoms with Crippen LogP contribution < -0.4 is 15.8 Å². The first-order valence-corrected chi connectivity index (χ1v) is 21.5. The van der Waals surface area contributed by atoms with Crippen molar-refractivity contribution in [3.63, 3.8) is 0 Å². The highest BCUT2D eigenvalue weighted by atomic mass is 32.2. The lowest BCUT2D eigenvalue weighted by atomic mass is 10.1. The molecule has 2 fully saturated rings. The molecule has 7 rings (SSSR count). The largest absolute Gasteiger partial charge is 0.457 e. The SMILES string of the molecule is CNC.Cc1ccc(SCC2CCN(CCN3CCC(n4nc(-c5ccc(Oc6ccccc6)cc5)c5c(N)ncnc54)CC3)C2)cc1CN(C=O)C(C=O)CCC=O. The number of aromatic nitrogens is 4. The second-order valence-corrected chi connectivity index (χ2v) is 16.4. The molecule has 1 amide bonds. The maximum Gasteiger partial charge on any atom is 0.210 e. The highest BCUT2D eigenvalue weighted by Crippen LogP contribution is 2.35. The van der Waals surface area contributed by atoms with Gasteiger partial charge in [-0.15, -0.1) is 11.8 Å². The van der Waals surface area contributed by atoms with Gasteiger partial charge in [0.25, 0.3) is 0 Å². The lowest BCUT2D eigenvalue weighted by Gasteiger charge is -2.33. The first kappa shape index (κ1) is 43.4. The van der Waals surface area contributed by atoms with Gasteiger partial charge in [-0.1, -0.05) is 24.3 Å². The maximum atomic E-state index is 11.8. The number of amides is 1. The van der Waals surface area contributed by atoms with Crippen LogP contribution in [0, 0.1) is 12.8 Å². The van der Waals surface area contributed by atoms with Crippen molar-refractivity contribution < 1.29 is 19.1 Å². The van der Waals surface area contributed by atoms with Gasteiger partial charge >= 0.3 is 0 Å². The number of aldehydes is 2. The van der Waals surface area contributed by atoms with Gasteiger partial charge in [0.2, 0.25) is 6.41 Å². The molecule has 59 heavy (non-hydrogen) atoms. The van der Waals surface area contributed by atoms with Gasteiger partial charge in [0.05, 0.1) is 17.5 Å². The number of aryl methyl sites for hydroxylation is 1. The number of anilines is 1. The molecule has 14 heteroatoms. The number of nitrogens with two attached hydrogens (primary N) is 1. The van der Waals surface area contributed by atoms with E-state index in [9.17, 15) is 14.4 Å². The Morgan fingerprint density at radius 2 is 1.64 bits per heavy atom. The highest BCUT2D eigenvalue weighted by Gasteiger charge is 2.28. The summed E-state index contributed by atoms with van der Waals surface area (Å²) in [4.78, 5) is 51.1. The van der Waals surface area contributed by atoms with Gasteiger partial charge in [-0.05, 0) is 119 Å². The minimum absolute atomic E-state index is 0.225. The molecule has 2 aliphatic heterocycles. The average molecular weight is 820 g/mol. The molecule has 2 aliphatic rings. The van der Waals surface area contributed by atoms with Crippen molar-refractivity contribution in [2.24, 2.45) is 5.92 Å². The zero-order chi connectivity index (χ0) is 41.6. The molecule has 3 N–H and O–H groups in total. The third-order valence-electron chi connectivity index (χ3n) is 11.1. The van der Waals surface area contributed by atoms with Crippen LogP contribution in [0.2, 0.25) is 0 Å². The van der Waals surface area contributed by atoms with Crippen molar-refractivity contribution in [2.45, 2.75) is 62.6 Å². The van der Waals surface area contributed by atoms with Crippen molar-refractivity contribution in [1.82, 2.24) is 39.8 Å². The number of nitrogens with one attached hydrogen (secondary N) is 1. The van der Waals surface area contributed by atoms with Crippen LogP contribution in [-0.4, -0.2) is 119 Å². The number of para-hydroxylation sites is 1. The summed E-state index contributed by atoms with van der Waals surface area (Å²) in [6.45, 7) is 8.71. The number of nitrogen functional groups attached to an aromatic ring is 1. The summed E-state index contributed by atoms with van der Waals surface area (Å²) in [7, 11) is 3.75. The molecule has 0 spiro atoms. The number of carbonyl (C=O) groups is 3. The number of benzene rings is 3. The van der Waals surface area contributed by atoms with Gasteiger partial charge in [-0.25, -0.2) is 14.6 Å². The molecule has 4 heterocycles. The van der Waals surface area contributed by atoms with E-state index in [1.54, 1.807) is 0 Å². The van der Waals surface area contributed by atoms with E-state index in [-0.39, 0.29) is 12.5 Å². The third kappa shape index (κ3) is 11.5. The summed E-state index contributed by atoms with van der Waals surface area (Å²) in [6, 6.07) is 23.7. The van der Waals surface area contributed by atoms with E-state index in [1.165, 1.54) is 22.5 Å². The van der Waals surface area contributed by atoms with Gasteiger partial charge in [0.15, 0.2) is 5.65 Å². The number of rotatable bonds is 18. The fourth-order valence-electron chi connectivity index (χ4n) is 7.78. The molecule has 13 nitrogen and oxygen atoms in total. The minimum Gasteiger partial charge on any atom is -0.457 e. The number of carbonyl (C=O) groups excluding carboxylic acids is 3. The smallest absolute Gasteiger partial charge is 0.210 e.